The normalized spacial score (nSPS) is 17.5. The Morgan fingerprint density at radius 1 is 1.52 bits per heavy atom. The lowest BCUT2D eigenvalue weighted by molar-refractivity contribution is -0.123. The lowest BCUT2D eigenvalue weighted by Gasteiger charge is -2.35. The molecule has 0 spiro atoms. The molecule has 7 nitrogen and oxygen atoms in total. The van der Waals surface area contributed by atoms with E-state index in [1.165, 1.54) is 0 Å². The van der Waals surface area contributed by atoms with E-state index in [2.05, 4.69) is 15.5 Å². The third-order valence-corrected chi connectivity index (χ3v) is 4.79. The molecule has 134 valence electrons. The van der Waals surface area contributed by atoms with Crippen molar-refractivity contribution in [2.75, 3.05) is 26.3 Å². The molecular weight excluding hydrogens is 340 g/mol. The summed E-state index contributed by atoms with van der Waals surface area (Å²) in [5.74, 6) is -0.204. The van der Waals surface area contributed by atoms with Crippen molar-refractivity contribution in [2.24, 2.45) is 0 Å². The van der Waals surface area contributed by atoms with Crippen LogP contribution in [-0.2, 0) is 9.53 Å². The van der Waals surface area contributed by atoms with E-state index in [1.54, 1.807) is 22.3 Å². The number of H-pyrrole nitrogens is 1. The van der Waals surface area contributed by atoms with Gasteiger partial charge in [0.2, 0.25) is 5.91 Å². The first-order valence-corrected chi connectivity index (χ1v) is 9.36. The smallest absolute Gasteiger partial charge is 0.272 e. The molecule has 2 amide bonds. The van der Waals surface area contributed by atoms with Crippen molar-refractivity contribution < 1.29 is 14.3 Å². The minimum absolute atomic E-state index is 0.0567. The van der Waals surface area contributed by atoms with Crippen molar-refractivity contribution in [1.82, 2.24) is 20.4 Å². The average molecular weight is 362 g/mol. The molecule has 1 fully saturated rings. The number of hydrogen-bond acceptors (Lipinski definition) is 5. The number of nitrogens with one attached hydrogen (secondary N) is 2. The molecule has 1 aliphatic rings. The summed E-state index contributed by atoms with van der Waals surface area (Å²) < 4.78 is 5.47. The molecule has 0 radical (unpaired) electrons. The quantitative estimate of drug-likeness (QED) is 0.822. The largest absolute Gasteiger partial charge is 0.377 e. The Labute approximate surface area is 150 Å². The number of aromatic nitrogens is 2. The van der Waals surface area contributed by atoms with Gasteiger partial charge in [0.05, 0.1) is 24.9 Å². The van der Waals surface area contributed by atoms with E-state index >= 15 is 0 Å². The molecule has 0 aromatic carbocycles. The number of carbonyl (C=O) groups excluding carboxylic acids is 2. The zero-order valence-electron chi connectivity index (χ0n) is 14.2. The van der Waals surface area contributed by atoms with Gasteiger partial charge < -0.3 is 15.0 Å². The van der Waals surface area contributed by atoms with Gasteiger partial charge in [-0.3, -0.25) is 14.7 Å². The molecule has 0 bridgehead atoms. The fourth-order valence-corrected chi connectivity index (χ4v) is 3.44. The molecule has 2 N–H and O–H groups in total. The number of hydrogen-bond donors (Lipinski definition) is 2. The SMILES string of the molecule is CCCNC(=O)C[C@@H]1COCCN1C(=O)c1cc(-c2ccsc2)n[nH]1. The van der Waals surface area contributed by atoms with E-state index in [4.69, 9.17) is 4.74 Å². The second kappa shape index (κ2) is 8.26. The molecule has 3 rings (SSSR count). The lowest BCUT2D eigenvalue weighted by atomic mass is 10.1. The third-order valence-electron chi connectivity index (χ3n) is 4.11. The Morgan fingerprint density at radius 3 is 3.16 bits per heavy atom. The number of thiophene rings is 1. The van der Waals surface area contributed by atoms with Crippen molar-refractivity contribution in [3.63, 3.8) is 0 Å². The van der Waals surface area contributed by atoms with Crippen LogP contribution in [0, 0.1) is 0 Å². The minimum Gasteiger partial charge on any atom is -0.377 e. The van der Waals surface area contributed by atoms with Gasteiger partial charge in [-0.1, -0.05) is 6.92 Å². The maximum absolute atomic E-state index is 12.9. The van der Waals surface area contributed by atoms with Crippen LogP contribution in [0.2, 0.25) is 0 Å². The molecule has 0 saturated carbocycles. The molecule has 1 saturated heterocycles. The Bertz CT molecular complexity index is 713. The monoisotopic (exact) mass is 362 g/mol. The van der Waals surface area contributed by atoms with Gasteiger partial charge in [-0.05, 0) is 23.9 Å². The summed E-state index contributed by atoms with van der Waals surface area (Å²) >= 11 is 1.58. The zero-order chi connectivity index (χ0) is 17.6. The van der Waals surface area contributed by atoms with Crippen molar-refractivity contribution in [3.05, 3.63) is 28.6 Å². The summed E-state index contributed by atoms with van der Waals surface area (Å²) in [6.07, 6.45) is 1.13. The van der Waals surface area contributed by atoms with Crippen LogP contribution in [0.4, 0.5) is 0 Å². The Balaban J connectivity index is 1.69. The van der Waals surface area contributed by atoms with Gasteiger partial charge in [0.25, 0.3) is 5.91 Å². The third kappa shape index (κ3) is 4.26. The van der Waals surface area contributed by atoms with Gasteiger partial charge in [0.15, 0.2) is 0 Å². The maximum Gasteiger partial charge on any atom is 0.272 e. The topological polar surface area (TPSA) is 87.3 Å². The van der Waals surface area contributed by atoms with Crippen LogP contribution in [0.3, 0.4) is 0 Å². The Kier molecular flexibility index (Phi) is 5.83. The fraction of sp³-hybridized carbons (Fsp3) is 0.471. The van der Waals surface area contributed by atoms with Gasteiger partial charge in [-0.15, -0.1) is 0 Å². The highest BCUT2D eigenvalue weighted by atomic mass is 32.1. The van der Waals surface area contributed by atoms with E-state index in [9.17, 15) is 9.59 Å². The van der Waals surface area contributed by atoms with Gasteiger partial charge in [0, 0.05) is 30.5 Å². The van der Waals surface area contributed by atoms with Crippen molar-refractivity contribution in [3.8, 4) is 11.3 Å². The molecule has 2 aromatic rings. The van der Waals surface area contributed by atoms with Gasteiger partial charge in [-0.25, -0.2) is 0 Å². The second-order valence-corrected chi connectivity index (χ2v) is 6.74. The number of ether oxygens (including phenoxy) is 1. The van der Waals surface area contributed by atoms with E-state index in [0.29, 0.717) is 32.0 Å². The summed E-state index contributed by atoms with van der Waals surface area (Å²) in [6, 6.07) is 3.46. The first kappa shape index (κ1) is 17.6. The van der Waals surface area contributed by atoms with Crippen LogP contribution >= 0.6 is 11.3 Å². The number of morpholine rings is 1. The number of carbonyl (C=O) groups is 2. The highest BCUT2D eigenvalue weighted by molar-refractivity contribution is 7.08. The van der Waals surface area contributed by atoms with Crippen LogP contribution in [0.1, 0.15) is 30.3 Å². The molecular formula is C17H22N4O3S. The first-order valence-electron chi connectivity index (χ1n) is 8.42. The zero-order valence-corrected chi connectivity index (χ0v) is 15.0. The molecule has 0 unspecified atom stereocenters. The predicted octanol–water partition coefficient (Wildman–Crippen LogP) is 1.90. The molecule has 2 aromatic heterocycles. The number of amides is 2. The summed E-state index contributed by atoms with van der Waals surface area (Å²) in [5, 5.41) is 13.9. The first-order chi connectivity index (χ1) is 12.2. The van der Waals surface area contributed by atoms with E-state index in [1.807, 2.05) is 23.8 Å². The predicted molar refractivity (Wildman–Crippen MR) is 95.5 cm³/mol. The van der Waals surface area contributed by atoms with Crippen LogP contribution in [0.25, 0.3) is 11.3 Å². The van der Waals surface area contributed by atoms with Gasteiger partial charge in [-0.2, -0.15) is 16.4 Å². The highest BCUT2D eigenvalue weighted by Gasteiger charge is 2.30. The summed E-state index contributed by atoms with van der Waals surface area (Å²) in [5.41, 5.74) is 2.16. The summed E-state index contributed by atoms with van der Waals surface area (Å²) in [4.78, 5) is 26.6. The molecule has 0 aliphatic carbocycles. The molecule has 1 aliphatic heterocycles. The molecule has 1 atom stereocenters. The van der Waals surface area contributed by atoms with Crippen LogP contribution in [0.5, 0.6) is 0 Å². The molecule has 3 heterocycles. The summed E-state index contributed by atoms with van der Waals surface area (Å²) in [6.45, 7) is 3.96. The Hall–Kier alpha value is -2.19. The molecule has 25 heavy (non-hydrogen) atoms. The van der Waals surface area contributed by atoms with Gasteiger partial charge in [0.1, 0.15) is 5.69 Å². The highest BCUT2D eigenvalue weighted by Crippen LogP contribution is 2.22. The van der Waals surface area contributed by atoms with E-state index < -0.39 is 0 Å². The van der Waals surface area contributed by atoms with Crippen molar-refractivity contribution in [1.29, 1.82) is 0 Å². The summed E-state index contributed by atoms with van der Waals surface area (Å²) in [7, 11) is 0. The van der Waals surface area contributed by atoms with E-state index in [0.717, 1.165) is 17.7 Å². The second-order valence-electron chi connectivity index (χ2n) is 5.96. The minimum atomic E-state index is -0.258. The fourth-order valence-electron chi connectivity index (χ4n) is 2.79. The Morgan fingerprint density at radius 2 is 2.40 bits per heavy atom. The average Bonchev–Trinajstić information content (AvgIpc) is 3.31. The van der Waals surface area contributed by atoms with Crippen LogP contribution in [-0.4, -0.2) is 59.3 Å². The van der Waals surface area contributed by atoms with Crippen LogP contribution < -0.4 is 5.32 Å². The number of aromatic amines is 1. The van der Waals surface area contributed by atoms with Crippen LogP contribution in [0.15, 0.2) is 22.9 Å². The van der Waals surface area contributed by atoms with E-state index in [-0.39, 0.29) is 24.3 Å². The van der Waals surface area contributed by atoms with Crippen molar-refractivity contribution >= 4 is 23.2 Å². The number of nitrogens with zero attached hydrogens (tertiary/aromatic N) is 2. The molecule has 8 heteroatoms. The lowest BCUT2D eigenvalue weighted by Crippen LogP contribution is -2.50. The standard InChI is InChI=1S/C17H22N4O3S/c1-2-4-18-16(22)8-13-10-24-6-5-21(13)17(23)15-9-14(19-20-15)12-3-7-25-11-12/h3,7,9,11,13H,2,4-6,8,10H2,1H3,(H,18,22)(H,19,20)/t13-/m1/s1. The van der Waals surface area contributed by atoms with Crippen molar-refractivity contribution in [2.45, 2.75) is 25.8 Å². The van der Waals surface area contributed by atoms with Gasteiger partial charge >= 0.3 is 0 Å². The number of rotatable bonds is 6. The maximum atomic E-state index is 12.9.